The Morgan fingerprint density at radius 3 is 2.44 bits per heavy atom. The van der Waals surface area contributed by atoms with Crippen LogP contribution in [-0.4, -0.2) is 29.6 Å². The van der Waals surface area contributed by atoms with E-state index < -0.39 is 16.9 Å². The largest absolute Gasteiger partial charge is 0.343 e. The molecule has 1 heterocycles. The minimum absolute atomic E-state index is 0.476. The summed E-state index contributed by atoms with van der Waals surface area (Å²) in [5.74, 6) is -2.03. The van der Waals surface area contributed by atoms with E-state index >= 15 is 0 Å². The van der Waals surface area contributed by atoms with E-state index in [1.165, 1.54) is 6.42 Å². The van der Waals surface area contributed by atoms with E-state index in [0.717, 1.165) is 24.8 Å². The Kier molecular flexibility index (Phi) is 2.72. The first kappa shape index (κ1) is 12.2. The minimum Gasteiger partial charge on any atom is -0.343 e. The van der Waals surface area contributed by atoms with Crippen molar-refractivity contribution in [1.82, 2.24) is 0 Å². The number of rotatable bonds is 1. The van der Waals surface area contributed by atoms with Gasteiger partial charge in [0.05, 0.1) is 5.60 Å². The van der Waals surface area contributed by atoms with Crippen LogP contribution in [0.15, 0.2) is 11.6 Å². The van der Waals surface area contributed by atoms with Crippen LogP contribution < -0.4 is 0 Å². The summed E-state index contributed by atoms with van der Waals surface area (Å²) >= 11 is 0. The lowest BCUT2D eigenvalue weighted by molar-refractivity contribution is -0.347. The van der Waals surface area contributed by atoms with Crippen LogP contribution in [0.3, 0.4) is 0 Å². The summed E-state index contributed by atoms with van der Waals surface area (Å²) in [6.45, 7) is 3.81. The first-order chi connectivity index (χ1) is 7.27. The van der Waals surface area contributed by atoms with Gasteiger partial charge in [0.2, 0.25) is 0 Å². The van der Waals surface area contributed by atoms with Crippen molar-refractivity contribution < 1.29 is 14.9 Å². The Morgan fingerprint density at radius 2 is 2.00 bits per heavy atom. The van der Waals surface area contributed by atoms with Gasteiger partial charge in [0.25, 0.3) is 5.97 Å². The van der Waals surface area contributed by atoms with Crippen LogP contribution in [0.1, 0.15) is 46.0 Å². The Morgan fingerprint density at radius 1 is 1.31 bits per heavy atom. The number of allylic oxidation sites excluding steroid dienone is 1. The highest BCUT2D eigenvalue weighted by molar-refractivity contribution is 6.18. The van der Waals surface area contributed by atoms with E-state index in [1.807, 2.05) is 21.7 Å². The normalized spacial score (nSPS) is 37.1. The first-order valence-electron chi connectivity index (χ1n) is 6.11. The topological polar surface area (TPSA) is 49.7 Å². The molecule has 4 heteroatoms. The predicted octanol–water partition coefficient (Wildman–Crippen LogP) is 1.12. The zero-order valence-corrected chi connectivity index (χ0v) is 10.4. The molecule has 1 unspecified atom stereocenters. The van der Waals surface area contributed by atoms with Crippen LogP contribution in [0.25, 0.3) is 0 Å². The van der Waals surface area contributed by atoms with E-state index in [4.69, 9.17) is 4.74 Å². The summed E-state index contributed by atoms with van der Waals surface area (Å²) in [5, 5.41) is 19.5. The number of hydrogen-bond donors (Lipinski definition) is 2. The second-order valence-corrected chi connectivity index (χ2v) is 5.95. The molecule has 1 aliphatic carbocycles. The first-order valence-corrected chi connectivity index (χ1v) is 6.11. The van der Waals surface area contributed by atoms with Crippen molar-refractivity contribution in [2.45, 2.75) is 62.8 Å². The van der Waals surface area contributed by atoms with Gasteiger partial charge < -0.3 is 14.9 Å². The standard InChI is InChI=1S/C12H21BO3/c1-10(2)8-11(13,12(14,15)16-10)9-6-4-3-5-7-9/h6,14-15H,3-5,7-8,13H2,1-2H3. The van der Waals surface area contributed by atoms with Gasteiger partial charge in [0, 0.05) is 5.31 Å². The average molecular weight is 224 g/mol. The molecule has 16 heavy (non-hydrogen) atoms. The van der Waals surface area contributed by atoms with Gasteiger partial charge in [-0.3, -0.25) is 0 Å². The van der Waals surface area contributed by atoms with Crippen molar-refractivity contribution in [2.75, 3.05) is 0 Å². The summed E-state index contributed by atoms with van der Waals surface area (Å²) in [6, 6.07) is 0. The number of aliphatic hydroxyl groups is 2. The highest BCUT2D eigenvalue weighted by atomic mass is 16.8. The lowest BCUT2D eigenvalue weighted by Gasteiger charge is -2.36. The summed E-state index contributed by atoms with van der Waals surface area (Å²) in [6.07, 6.45) is 7.15. The van der Waals surface area contributed by atoms with E-state index in [1.54, 1.807) is 0 Å². The Bertz CT molecular complexity index is 322. The fourth-order valence-electron chi connectivity index (χ4n) is 3.16. The van der Waals surface area contributed by atoms with E-state index in [2.05, 4.69) is 6.08 Å². The second-order valence-electron chi connectivity index (χ2n) is 5.95. The lowest BCUT2D eigenvalue weighted by Crippen LogP contribution is -2.42. The van der Waals surface area contributed by atoms with Crippen molar-refractivity contribution in [3.8, 4) is 0 Å². The van der Waals surface area contributed by atoms with Gasteiger partial charge in [-0.25, -0.2) is 0 Å². The molecule has 0 aromatic carbocycles. The molecule has 1 aliphatic heterocycles. The van der Waals surface area contributed by atoms with Crippen molar-refractivity contribution in [2.24, 2.45) is 0 Å². The van der Waals surface area contributed by atoms with Crippen molar-refractivity contribution >= 4 is 7.85 Å². The third kappa shape index (κ3) is 1.83. The third-order valence-electron chi connectivity index (χ3n) is 3.92. The van der Waals surface area contributed by atoms with Crippen LogP contribution >= 0.6 is 0 Å². The average Bonchev–Trinajstić information content (AvgIpc) is 2.33. The fraction of sp³-hybridized carbons (Fsp3) is 0.833. The quantitative estimate of drug-likeness (QED) is 0.398. The molecule has 0 radical (unpaired) electrons. The summed E-state index contributed by atoms with van der Waals surface area (Å²) < 4.78 is 5.38. The monoisotopic (exact) mass is 224 g/mol. The molecule has 0 aromatic heterocycles. The van der Waals surface area contributed by atoms with Crippen molar-refractivity contribution in [3.63, 3.8) is 0 Å². The van der Waals surface area contributed by atoms with Gasteiger partial charge in [0.1, 0.15) is 7.85 Å². The van der Waals surface area contributed by atoms with Crippen LogP contribution in [0.2, 0.25) is 5.31 Å². The third-order valence-corrected chi connectivity index (χ3v) is 3.92. The van der Waals surface area contributed by atoms with Crippen molar-refractivity contribution in [1.29, 1.82) is 0 Å². The summed E-state index contributed by atoms with van der Waals surface area (Å²) in [4.78, 5) is 0. The van der Waals surface area contributed by atoms with Gasteiger partial charge in [-0.1, -0.05) is 11.6 Å². The Labute approximate surface area is 97.9 Å². The van der Waals surface area contributed by atoms with Gasteiger partial charge in [-0.05, 0) is 46.0 Å². The molecular formula is C12H21BO3. The lowest BCUT2D eigenvalue weighted by atomic mass is 9.57. The molecule has 0 aromatic rings. The molecular weight excluding hydrogens is 203 g/mol. The van der Waals surface area contributed by atoms with Gasteiger partial charge >= 0.3 is 0 Å². The maximum atomic E-state index is 10.1. The molecule has 0 saturated carbocycles. The number of ether oxygens (including phenoxy) is 1. The Balaban J connectivity index is 2.33. The maximum Gasteiger partial charge on any atom is 0.280 e. The van der Waals surface area contributed by atoms with Crippen LogP contribution in [0.5, 0.6) is 0 Å². The van der Waals surface area contributed by atoms with E-state index in [-0.39, 0.29) is 0 Å². The molecule has 3 nitrogen and oxygen atoms in total. The zero-order valence-electron chi connectivity index (χ0n) is 10.4. The van der Waals surface area contributed by atoms with Gasteiger partial charge in [-0.2, -0.15) is 0 Å². The molecule has 1 fully saturated rings. The second kappa shape index (κ2) is 3.59. The zero-order chi connectivity index (χ0) is 12.0. The van der Waals surface area contributed by atoms with Crippen LogP contribution in [-0.2, 0) is 4.74 Å². The van der Waals surface area contributed by atoms with Crippen molar-refractivity contribution in [3.05, 3.63) is 11.6 Å². The van der Waals surface area contributed by atoms with E-state index in [0.29, 0.717) is 6.42 Å². The maximum absolute atomic E-state index is 10.1. The molecule has 2 N–H and O–H groups in total. The molecule has 90 valence electrons. The molecule has 1 saturated heterocycles. The summed E-state index contributed by atoms with van der Waals surface area (Å²) in [5.41, 5.74) is 0.672. The highest BCUT2D eigenvalue weighted by Crippen LogP contribution is 2.58. The molecule has 0 bridgehead atoms. The van der Waals surface area contributed by atoms with Crippen LogP contribution in [0.4, 0.5) is 0 Å². The molecule has 2 rings (SSSR count). The number of hydrogen-bond acceptors (Lipinski definition) is 3. The van der Waals surface area contributed by atoms with E-state index in [9.17, 15) is 10.2 Å². The van der Waals surface area contributed by atoms with Crippen LogP contribution in [0, 0.1) is 0 Å². The van der Waals surface area contributed by atoms with Gasteiger partial charge in [-0.15, -0.1) is 0 Å². The molecule has 0 spiro atoms. The fourth-order valence-corrected chi connectivity index (χ4v) is 3.16. The smallest absolute Gasteiger partial charge is 0.280 e. The predicted molar refractivity (Wildman–Crippen MR) is 64.7 cm³/mol. The molecule has 0 amide bonds. The highest BCUT2D eigenvalue weighted by Gasteiger charge is 2.59. The minimum atomic E-state index is -2.03. The molecule has 2 aliphatic rings. The Hall–Kier alpha value is -0.315. The SMILES string of the molecule is BC1(C2=CCCCC2)CC(C)(C)OC1(O)O. The molecule has 1 atom stereocenters. The van der Waals surface area contributed by atoms with Gasteiger partial charge in [0.15, 0.2) is 0 Å². The summed E-state index contributed by atoms with van der Waals surface area (Å²) in [7, 11) is 1.90.